The molecule has 2 rings (SSSR count). The largest absolute Gasteiger partial charge is 0.347 e. The standard InChI is InChI=1S/C16H21N5O/c1-20(2)16-18-9-14(10-19-16)13-6-4-5-12(7-13)11-21(3)15(22)8-17/h4-7,9-10H,8,11,17H2,1-3H3. The van der Waals surface area contributed by atoms with E-state index >= 15 is 0 Å². The molecule has 0 radical (unpaired) electrons. The van der Waals surface area contributed by atoms with Crippen molar-refractivity contribution < 1.29 is 4.79 Å². The number of hydrogen-bond donors (Lipinski definition) is 1. The lowest BCUT2D eigenvalue weighted by molar-refractivity contribution is -0.128. The van der Waals surface area contributed by atoms with Gasteiger partial charge in [0.2, 0.25) is 11.9 Å². The van der Waals surface area contributed by atoms with E-state index < -0.39 is 0 Å². The van der Waals surface area contributed by atoms with Crippen molar-refractivity contribution in [2.75, 3.05) is 32.6 Å². The molecule has 0 saturated heterocycles. The molecule has 0 aliphatic heterocycles. The van der Waals surface area contributed by atoms with Gasteiger partial charge in [0.1, 0.15) is 0 Å². The van der Waals surface area contributed by atoms with Crippen LogP contribution in [0, 0.1) is 0 Å². The minimum Gasteiger partial charge on any atom is -0.347 e. The van der Waals surface area contributed by atoms with Crippen LogP contribution in [-0.4, -0.2) is 48.5 Å². The second kappa shape index (κ2) is 7.00. The second-order valence-corrected chi connectivity index (χ2v) is 5.32. The van der Waals surface area contributed by atoms with Crippen LogP contribution in [0.3, 0.4) is 0 Å². The van der Waals surface area contributed by atoms with Crippen LogP contribution in [0.5, 0.6) is 0 Å². The quantitative estimate of drug-likeness (QED) is 0.895. The maximum absolute atomic E-state index is 11.5. The van der Waals surface area contributed by atoms with Crippen molar-refractivity contribution in [3.8, 4) is 11.1 Å². The molecular weight excluding hydrogens is 278 g/mol. The number of likely N-dealkylation sites (N-methyl/N-ethyl adjacent to an activating group) is 1. The van der Waals surface area contributed by atoms with Gasteiger partial charge in [-0.2, -0.15) is 0 Å². The van der Waals surface area contributed by atoms with Crippen LogP contribution < -0.4 is 10.6 Å². The van der Waals surface area contributed by atoms with Crippen LogP contribution in [0.1, 0.15) is 5.56 Å². The summed E-state index contributed by atoms with van der Waals surface area (Å²) in [6.07, 6.45) is 3.60. The Balaban J connectivity index is 2.19. The Labute approximate surface area is 130 Å². The highest BCUT2D eigenvalue weighted by molar-refractivity contribution is 5.77. The monoisotopic (exact) mass is 299 g/mol. The fraction of sp³-hybridized carbons (Fsp3) is 0.312. The molecule has 0 aliphatic carbocycles. The molecule has 0 saturated carbocycles. The Morgan fingerprint density at radius 3 is 2.41 bits per heavy atom. The van der Waals surface area contributed by atoms with E-state index in [9.17, 15) is 4.79 Å². The van der Waals surface area contributed by atoms with Crippen molar-refractivity contribution in [3.05, 3.63) is 42.2 Å². The van der Waals surface area contributed by atoms with Crippen LogP contribution in [0.4, 0.5) is 5.95 Å². The molecule has 0 spiro atoms. The number of aromatic nitrogens is 2. The van der Waals surface area contributed by atoms with Gasteiger partial charge in [0.25, 0.3) is 0 Å². The third-order valence-corrected chi connectivity index (χ3v) is 3.32. The smallest absolute Gasteiger partial charge is 0.236 e. The Kier molecular flexibility index (Phi) is 5.06. The lowest BCUT2D eigenvalue weighted by Crippen LogP contribution is -2.32. The average Bonchev–Trinajstić information content (AvgIpc) is 2.54. The number of carbonyl (C=O) groups is 1. The molecule has 22 heavy (non-hydrogen) atoms. The molecule has 116 valence electrons. The number of hydrogen-bond acceptors (Lipinski definition) is 5. The van der Waals surface area contributed by atoms with Gasteiger partial charge in [-0.15, -0.1) is 0 Å². The minimum absolute atomic E-state index is 0.0238. The van der Waals surface area contributed by atoms with Gasteiger partial charge in [0.05, 0.1) is 6.54 Å². The summed E-state index contributed by atoms with van der Waals surface area (Å²) in [5, 5.41) is 0. The van der Waals surface area contributed by atoms with Crippen molar-refractivity contribution in [2.24, 2.45) is 5.73 Å². The van der Waals surface area contributed by atoms with Crippen LogP contribution in [0.2, 0.25) is 0 Å². The van der Waals surface area contributed by atoms with Crippen LogP contribution in [-0.2, 0) is 11.3 Å². The fourth-order valence-electron chi connectivity index (χ4n) is 2.07. The highest BCUT2D eigenvalue weighted by atomic mass is 16.2. The molecule has 0 unspecified atom stereocenters. The van der Waals surface area contributed by atoms with E-state index in [1.54, 1.807) is 24.3 Å². The zero-order chi connectivity index (χ0) is 16.1. The van der Waals surface area contributed by atoms with Gasteiger partial charge in [-0.25, -0.2) is 9.97 Å². The maximum atomic E-state index is 11.5. The Morgan fingerprint density at radius 1 is 1.14 bits per heavy atom. The summed E-state index contributed by atoms with van der Waals surface area (Å²) in [5.41, 5.74) is 8.38. The first-order valence-electron chi connectivity index (χ1n) is 7.04. The van der Waals surface area contributed by atoms with E-state index in [0.29, 0.717) is 12.5 Å². The van der Waals surface area contributed by atoms with Gasteiger partial charge in [-0.3, -0.25) is 4.79 Å². The first kappa shape index (κ1) is 15.9. The molecule has 2 N–H and O–H groups in total. The number of nitrogens with two attached hydrogens (primary N) is 1. The average molecular weight is 299 g/mol. The molecule has 6 heteroatoms. The zero-order valence-corrected chi connectivity index (χ0v) is 13.2. The van der Waals surface area contributed by atoms with Gasteiger partial charge in [0, 0.05) is 45.6 Å². The van der Waals surface area contributed by atoms with Gasteiger partial charge in [0.15, 0.2) is 0 Å². The molecule has 2 aromatic rings. The van der Waals surface area contributed by atoms with Gasteiger partial charge in [-0.1, -0.05) is 18.2 Å². The van der Waals surface area contributed by atoms with E-state index in [1.165, 1.54) is 0 Å². The lowest BCUT2D eigenvalue weighted by atomic mass is 10.1. The number of nitrogens with zero attached hydrogens (tertiary/aromatic N) is 4. The Hall–Kier alpha value is -2.47. The predicted molar refractivity (Wildman–Crippen MR) is 87.3 cm³/mol. The third kappa shape index (κ3) is 3.79. The molecule has 0 atom stereocenters. The molecule has 1 heterocycles. The summed E-state index contributed by atoms with van der Waals surface area (Å²) >= 11 is 0. The van der Waals surface area contributed by atoms with Gasteiger partial charge < -0.3 is 15.5 Å². The maximum Gasteiger partial charge on any atom is 0.236 e. The normalized spacial score (nSPS) is 10.4. The zero-order valence-electron chi connectivity index (χ0n) is 13.2. The highest BCUT2D eigenvalue weighted by Gasteiger charge is 2.08. The molecule has 1 amide bonds. The van der Waals surface area contributed by atoms with Crippen molar-refractivity contribution in [1.82, 2.24) is 14.9 Å². The summed E-state index contributed by atoms with van der Waals surface area (Å²) in [6, 6.07) is 7.99. The van der Waals surface area contributed by atoms with Crippen molar-refractivity contribution in [1.29, 1.82) is 0 Å². The second-order valence-electron chi connectivity index (χ2n) is 5.32. The topological polar surface area (TPSA) is 75.4 Å². The summed E-state index contributed by atoms with van der Waals surface area (Å²) < 4.78 is 0. The van der Waals surface area contributed by atoms with Crippen molar-refractivity contribution in [2.45, 2.75) is 6.54 Å². The first-order valence-corrected chi connectivity index (χ1v) is 7.04. The number of anilines is 1. The van der Waals surface area contributed by atoms with E-state index in [0.717, 1.165) is 16.7 Å². The minimum atomic E-state index is -0.0796. The highest BCUT2D eigenvalue weighted by Crippen LogP contribution is 2.20. The first-order chi connectivity index (χ1) is 10.5. The van der Waals surface area contributed by atoms with Crippen LogP contribution in [0.15, 0.2) is 36.7 Å². The van der Waals surface area contributed by atoms with E-state index in [2.05, 4.69) is 9.97 Å². The SMILES string of the molecule is CN(Cc1cccc(-c2cnc(N(C)C)nc2)c1)C(=O)CN. The van der Waals surface area contributed by atoms with Crippen LogP contribution >= 0.6 is 0 Å². The fourth-order valence-corrected chi connectivity index (χ4v) is 2.07. The summed E-state index contributed by atoms with van der Waals surface area (Å²) in [5.74, 6) is 0.595. The molecule has 6 nitrogen and oxygen atoms in total. The number of benzene rings is 1. The predicted octanol–water partition coefficient (Wildman–Crippen LogP) is 1.13. The van der Waals surface area contributed by atoms with Crippen LogP contribution in [0.25, 0.3) is 11.1 Å². The summed E-state index contributed by atoms with van der Waals surface area (Å²) in [7, 11) is 5.55. The molecular formula is C16H21N5O. The van der Waals surface area contributed by atoms with E-state index in [1.807, 2.05) is 43.3 Å². The number of rotatable bonds is 5. The summed E-state index contributed by atoms with van der Waals surface area (Å²) in [4.78, 5) is 23.7. The lowest BCUT2D eigenvalue weighted by Gasteiger charge is -2.16. The van der Waals surface area contributed by atoms with Gasteiger partial charge >= 0.3 is 0 Å². The number of amides is 1. The van der Waals surface area contributed by atoms with E-state index in [-0.39, 0.29) is 12.5 Å². The third-order valence-electron chi connectivity index (χ3n) is 3.32. The molecule has 1 aromatic carbocycles. The Morgan fingerprint density at radius 2 is 1.82 bits per heavy atom. The van der Waals surface area contributed by atoms with Crippen molar-refractivity contribution in [3.63, 3.8) is 0 Å². The van der Waals surface area contributed by atoms with Gasteiger partial charge in [-0.05, 0) is 17.2 Å². The number of carbonyl (C=O) groups excluding carboxylic acids is 1. The van der Waals surface area contributed by atoms with Crippen molar-refractivity contribution >= 4 is 11.9 Å². The molecule has 0 bridgehead atoms. The molecule has 0 aliphatic rings. The molecule has 1 aromatic heterocycles. The van der Waals surface area contributed by atoms with E-state index in [4.69, 9.17) is 5.73 Å². The Bertz CT molecular complexity index is 639. The summed E-state index contributed by atoms with van der Waals surface area (Å²) in [6.45, 7) is 0.552. The molecule has 0 fully saturated rings.